The van der Waals surface area contributed by atoms with Crippen LogP contribution in [0.1, 0.15) is 20.8 Å². The number of non-ortho nitro benzene ring substituents is 1. The van der Waals surface area contributed by atoms with Crippen LogP contribution in [0.25, 0.3) is 0 Å². The maximum Gasteiger partial charge on any atom is 0.320 e. The number of hydrogen-bond donors (Lipinski definition) is 0. The molecular weight excluding hydrogens is 317 g/mol. The molecule has 1 saturated heterocycles. The Morgan fingerprint density at radius 1 is 1.29 bits per heavy atom. The van der Waals surface area contributed by atoms with Crippen molar-refractivity contribution in [2.24, 2.45) is 0 Å². The zero-order valence-corrected chi connectivity index (χ0v) is 14.1. The summed E-state index contributed by atoms with van der Waals surface area (Å²) in [6, 6.07) is 3.66. The summed E-state index contributed by atoms with van der Waals surface area (Å²) in [5.74, 6) is -0.887. The molecule has 0 aliphatic carbocycles. The minimum atomic E-state index is -0.619. The maximum absolute atomic E-state index is 14.1. The summed E-state index contributed by atoms with van der Waals surface area (Å²) >= 11 is 0. The molecule has 0 radical (unpaired) electrons. The standard InChI is InChI=1S/C16H22FN3O4/c1-16(2,3)24-15(21)11-18-6-8-19(9-7-18)14-5-4-12(20(22)23)10-13(14)17/h4-5,10H,6-9,11H2,1-3H3. The summed E-state index contributed by atoms with van der Waals surface area (Å²) in [6.07, 6.45) is 0. The molecule has 132 valence electrons. The molecule has 0 unspecified atom stereocenters. The molecule has 0 spiro atoms. The Labute approximate surface area is 140 Å². The Kier molecular flexibility index (Phi) is 5.38. The first-order valence-corrected chi connectivity index (χ1v) is 7.79. The van der Waals surface area contributed by atoms with Crippen molar-refractivity contribution in [3.63, 3.8) is 0 Å². The van der Waals surface area contributed by atoms with Crippen molar-refractivity contribution in [1.82, 2.24) is 4.90 Å². The molecule has 24 heavy (non-hydrogen) atoms. The fraction of sp³-hybridized carbons (Fsp3) is 0.562. The van der Waals surface area contributed by atoms with E-state index >= 15 is 0 Å². The number of benzene rings is 1. The molecule has 1 fully saturated rings. The van der Waals surface area contributed by atoms with Crippen LogP contribution in [0.15, 0.2) is 18.2 Å². The lowest BCUT2D eigenvalue weighted by Crippen LogP contribution is -2.48. The average Bonchev–Trinajstić information content (AvgIpc) is 2.46. The number of halogens is 1. The van der Waals surface area contributed by atoms with E-state index < -0.39 is 16.3 Å². The predicted molar refractivity (Wildman–Crippen MR) is 87.6 cm³/mol. The van der Waals surface area contributed by atoms with Crippen LogP contribution >= 0.6 is 0 Å². The summed E-state index contributed by atoms with van der Waals surface area (Å²) < 4.78 is 19.3. The third-order valence-electron chi connectivity index (χ3n) is 3.63. The highest BCUT2D eigenvalue weighted by atomic mass is 19.1. The van der Waals surface area contributed by atoms with E-state index in [2.05, 4.69) is 0 Å². The molecule has 1 aliphatic rings. The summed E-state index contributed by atoms with van der Waals surface area (Å²) in [4.78, 5) is 25.6. The van der Waals surface area contributed by atoms with Gasteiger partial charge in [0.05, 0.1) is 23.2 Å². The number of ether oxygens (including phenoxy) is 1. The molecule has 0 N–H and O–H groups in total. The SMILES string of the molecule is CC(C)(C)OC(=O)CN1CCN(c2ccc([N+](=O)[O-])cc2F)CC1. The normalized spacial score (nSPS) is 16.1. The van der Waals surface area contributed by atoms with Gasteiger partial charge < -0.3 is 9.64 Å². The fourth-order valence-corrected chi connectivity index (χ4v) is 2.57. The Hall–Kier alpha value is -2.22. The Bertz CT molecular complexity index is 622. The molecule has 0 amide bonds. The van der Waals surface area contributed by atoms with E-state index in [1.165, 1.54) is 12.1 Å². The number of esters is 1. The van der Waals surface area contributed by atoms with Crippen LogP contribution in [-0.4, -0.2) is 54.1 Å². The quantitative estimate of drug-likeness (QED) is 0.475. The molecule has 7 nitrogen and oxygen atoms in total. The largest absolute Gasteiger partial charge is 0.459 e. The molecule has 0 atom stereocenters. The summed E-state index contributed by atoms with van der Waals surface area (Å²) in [5, 5.41) is 10.7. The highest BCUT2D eigenvalue weighted by Crippen LogP contribution is 2.25. The number of nitrogens with zero attached hydrogens (tertiary/aromatic N) is 3. The van der Waals surface area contributed by atoms with Gasteiger partial charge in [-0.15, -0.1) is 0 Å². The molecule has 8 heteroatoms. The van der Waals surface area contributed by atoms with E-state index in [0.29, 0.717) is 31.9 Å². The van der Waals surface area contributed by atoms with Gasteiger partial charge in [-0.25, -0.2) is 4.39 Å². The van der Waals surface area contributed by atoms with E-state index in [-0.39, 0.29) is 18.2 Å². The van der Waals surface area contributed by atoms with Crippen LogP contribution in [0.5, 0.6) is 0 Å². The van der Waals surface area contributed by atoms with Crippen LogP contribution in [0.2, 0.25) is 0 Å². The number of nitro groups is 1. The van der Waals surface area contributed by atoms with E-state index in [0.717, 1.165) is 6.07 Å². The molecule has 0 saturated carbocycles. The van der Waals surface area contributed by atoms with Gasteiger partial charge in [0.25, 0.3) is 5.69 Å². The molecule has 2 rings (SSSR count). The maximum atomic E-state index is 14.1. The first kappa shape index (κ1) is 18.1. The van der Waals surface area contributed by atoms with Gasteiger partial charge in [-0.3, -0.25) is 19.8 Å². The van der Waals surface area contributed by atoms with E-state index in [1.54, 1.807) is 0 Å². The van der Waals surface area contributed by atoms with E-state index in [1.807, 2.05) is 30.6 Å². The lowest BCUT2D eigenvalue weighted by molar-refractivity contribution is -0.385. The minimum Gasteiger partial charge on any atom is -0.459 e. The predicted octanol–water partition coefficient (Wildman–Crippen LogP) is 2.20. The van der Waals surface area contributed by atoms with Gasteiger partial charge in [0.2, 0.25) is 0 Å². The Balaban J connectivity index is 1.91. The van der Waals surface area contributed by atoms with Crippen molar-refractivity contribution < 1.29 is 18.8 Å². The number of rotatable bonds is 4. The average molecular weight is 339 g/mol. The number of hydrogen-bond acceptors (Lipinski definition) is 6. The van der Waals surface area contributed by atoms with Crippen molar-refractivity contribution in [2.45, 2.75) is 26.4 Å². The molecule has 0 bridgehead atoms. The summed E-state index contributed by atoms with van der Waals surface area (Å²) in [5.41, 5.74) is -0.432. The van der Waals surface area contributed by atoms with Gasteiger partial charge in [0.1, 0.15) is 5.60 Å². The fourth-order valence-electron chi connectivity index (χ4n) is 2.57. The van der Waals surface area contributed by atoms with Gasteiger partial charge in [0, 0.05) is 32.2 Å². The Morgan fingerprint density at radius 3 is 2.42 bits per heavy atom. The van der Waals surface area contributed by atoms with Crippen LogP contribution in [0, 0.1) is 15.9 Å². The topological polar surface area (TPSA) is 75.9 Å². The van der Waals surface area contributed by atoms with Gasteiger partial charge in [-0.1, -0.05) is 0 Å². The second-order valence-electron chi connectivity index (χ2n) is 6.74. The van der Waals surface area contributed by atoms with Crippen molar-refractivity contribution >= 4 is 17.3 Å². The van der Waals surface area contributed by atoms with Crippen molar-refractivity contribution in [2.75, 3.05) is 37.6 Å². The van der Waals surface area contributed by atoms with Gasteiger partial charge in [-0.05, 0) is 26.8 Å². The van der Waals surface area contributed by atoms with Crippen molar-refractivity contribution in [3.8, 4) is 0 Å². The molecule has 1 aromatic carbocycles. The van der Waals surface area contributed by atoms with Gasteiger partial charge >= 0.3 is 5.97 Å². The molecule has 1 heterocycles. The second-order valence-corrected chi connectivity index (χ2v) is 6.74. The first-order chi connectivity index (χ1) is 11.2. The van der Waals surface area contributed by atoms with Gasteiger partial charge in [-0.2, -0.15) is 0 Å². The van der Waals surface area contributed by atoms with E-state index in [4.69, 9.17) is 4.74 Å². The number of nitro benzene ring substituents is 1. The third kappa shape index (κ3) is 4.89. The van der Waals surface area contributed by atoms with Crippen molar-refractivity contribution in [3.05, 3.63) is 34.1 Å². The third-order valence-corrected chi connectivity index (χ3v) is 3.63. The number of carbonyl (C=O) groups excluding carboxylic acids is 1. The van der Waals surface area contributed by atoms with Crippen LogP contribution in [0.4, 0.5) is 15.8 Å². The molecule has 0 aromatic heterocycles. The molecule has 1 aliphatic heterocycles. The summed E-state index contributed by atoms with van der Waals surface area (Å²) in [6.45, 7) is 7.93. The lowest BCUT2D eigenvalue weighted by Gasteiger charge is -2.36. The number of piperazine rings is 1. The zero-order chi connectivity index (χ0) is 17.9. The molecule has 1 aromatic rings. The zero-order valence-electron chi connectivity index (χ0n) is 14.1. The van der Waals surface area contributed by atoms with Crippen LogP contribution < -0.4 is 4.90 Å². The highest BCUT2D eigenvalue weighted by Gasteiger charge is 2.24. The van der Waals surface area contributed by atoms with Crippen LogP contribution in [-0.2, 0) is 9.53 Å². The first-order valence-electron chi connectivity index (χ1n) is 7.79. The Morgan fingerprint density at radius 2 is 1.92 bits per heavy atom. The van der Waals surface area contributed by atoms with Crippen molar-refractivity contribution in [1.29, 1.82) is 0 Å². The number of anilines is 1. The van der Waals surface area contributed by atoms with Gasteiger partial charge in [0.15, 0.2) is 5.82 Å². The van der Waals surface area contributed by atoms with Crippen LogP contribution in [0.3, 0.4) is 0 Å². The summed E-state index contributed by atoms with van der Waals surface area (Å²) in [7, 11) is 0. The minimum absolute atomic E-state index is 0.202. The number of carbonyl (C=O) groups is 1. The highest BCUT2D eigenvalue weighted by molar-refractivity contribution is 5.72. The monoisotopic (exact) mass is 339 g/mol. The smallest absolute Gasteiger partial charge is 0.320 e. The lowest BCUT2D eigenvalue weighted by atomic mass is 10.2. The molecular formula is C16H22FN3O4. The second kappa shape index (κ2) is 7.12. The van der Waals surface area contributed by atoms with E-state index in [9.17, 15) is 19.3 Å².